The monoisotopic (exact) mass is 371 g/mol. The summed E-state index contributed by atoms with van der Waals surface area (Å²) in [7, 11) is 2.53. The molecule has 0 fully saturated rings. The lowest BCUT2D eigenvalue weighted by Gasteiger charge is -2.37. The summed E-state index contributed by atoms with van der Waals surface area (Å²) in [6, 6.07) is 2.93. The summed E-state index contributed by atoms with van der Waals surface area (Å²) in [5.74, 6) is -1.98. The van der Waals surface area contributed by atoms with Gasteiger partial charge >= 0.3 is 12.1 Å². The molecule has 1 heterocycles. The van der Waals surface area contributed by atoms with Gasteiger partial charge in [0.25, 0.3) is 9.05 Å². The number of alkyl halides is 3. The van der Waals surface area contributed by atoms with Crippen LogP contribution in [0.15, 0.2) is 23.1 Å². The number of carbonyl (C=O) groups is 1. The zero-order chi connectivity index (χ0) is 17.4. The lowest BCUT2D eigenvalue weighted by Crippen LogP contribution is -2.47. The average Bonchev–Trinajstić information content (AvgIpc) is 2.44. The molecule has 1 aromatic carbocycles. The van der Waals surface area contributed by atoms with Crippen molar-refractivity contribution < 1.29 is 31.1 Å². The van der Waals surface area contributed by atoms with Gasteiger partial charge in [-0.1, -0.05) is 6.07 Å². The van der Waals surface area contributed by atoms with Gasteiger partial charge in [0, 0.05) is 24.3 Å². The van der Waals surface area contributed by atoms with E-state index in [0.717, 1.165) is 0 Å². The third-order valence-corrected chi connectivity index (χ3v) is 4.94. The molecule has 1 amide bonds. The molecule has 10 heteroatoms. The molecule has 0 saturated heterocycles. The summed E-state index contributed by atoms with van der Waals surface area (Å²) in [6.07, 6.45) is -4.83. The van der Waals surface area contributed by atoms with Gasteiger partial charge in [0.15, 0.2) is 0 Å². The number of halogens is 4. The van der Waals surface area contributed by atoms with E-state index < -0.39 is 27.2 Å². The highest BCUT2D eigenvalue weighted by Gasteiger charge is 2.46. The highest BCUT2D eigenvalue weighted by Crippen LogP contribution is 2.35. The van der Waals surface area contributed by atoms with E-state index in [1.165, 1.54) is 25.3 Å². The Morgan fingerprint density at radius 3 is 2.61 bits per heavy atom. The third-order valence-electron chi connectivity index (χ3n) is 3.58. The maximum atomic E-state index is 12.7. The van der Waals surface area contributed by atoms with Gasteiger partial charge in [-0.2, -0.15) is 13.2 Å². The Morgan fingerprint density at radius 1 is 1.43 bits per heavy atom. The zero-order valence-electron chi connectivity index (χ0n) is 11.9. The summed E-state index contributed by atoms with van der Waals surface area (Å²) >= 11 is 0. The minimum Gasteiger partial charge on any atom is -0.382 e. The van der Waals surface area contributed by atoms with Crippen LogP contribution in [0.5, 0.6) is 0 Å². The lowest BCUT2D eigenvalue weighted by molar-refractivity contribution is -0.189. The number of hydrogen-bond donors (Lipinski definition) is 0. The van der Waals surface area contributed by atoms with Crippen LogP contribution >= 0.6 is 10.7 Å². The van der Waals surface area contributed by atoms with E-state index in [9.17, 15) is 26.4 Å². The maximum absolute atomic E-state index is 12.7. The van der Waals surface area contributed by atoms with Gasteiger partial charge in [-0.3, -0.25) is 4.79 Å². The Balaban J connectivity index is 2.50. The van der Waals surface area contributed by atoms with Crippen molar-refractivity contribution in [3.05, 3.63) is 29.3 Å². The van der Waals surface area contributed by atoms with E-state index in [0.29, 0.717) is 10.5 Å². The van der Waals surface area contributed by atoms with Crippen LogP contribution in [0.4, 0.5) is 13.2 Å². The molecule has 0 saturated carbocycles. The van der Waals surface area contributed by atoms with Crippen LogP contribution in [0.25, 0.3) is 0 Å². The minimum absolute atomic E-state index is 0.133. The average molecular weight is 372 g/mol. The van der Waals surface area contributed by atoms with Gasteiger partial charge in [-0.05, 0) is 29.7 Å². The molecule has 5 nitrogen and oxygen atoms in total. The molecule has 0 aromatic heterocycles. The largest absolute Gasteiger partial charge is 0.471 e. The van der Waals surface area contributed by atoms with Crippen molar-refractivity contribution in [2.24, 2.45) is 0 Å². The van der Waals surface area contributed by atoms with Gasteiger partial charge in [-0.15, -0.1) is 0 Å². The fourth-order valence-corrected chi connectivity index (χ4v) is 3.36. The number of hydrogen-bond acceptors (Lipinski definition) is 4. The Bertz CT molecular complexity index is 720. The summed E-state index contributed by atoms with van der Waals surface area (Å²) in [4.78, 5) is 12.0. The molecule has 1 aliphatic heterocycles. The molecule has 2 rings (SSSR count). The molecule has 23 heavy (non-hydrogen) atoms. The molecule has 1 aliphatic rings. The van der Waals surface area contributed by atoms with E-state index in [2.05, 4.69) is 0 Å². The second-order valence-corrected chi connectivity index (χ2v) is 7.58. The third kappa shape index (κ3) is 3.78. The fourth-order valence-electron chi connectivity index (χ4n) is 2.57. The fraction of sp³-hybridized carbons (Fsp3) is 0.462. The van der Waals surface area contributed by atoms with Crippen LogP contribution in [0.3, 0.4) is 0 Å². The number of carbonyl (C=O) groups excluding carboxylic acids is 1. The number of ether oxygens (including phenoxy) is 1. The molecule has 0 aliphatic carbocycles. The first-order chi connectivity index (χ1) is 10.6. The summed E-state index contributed by atoms with van der Waals surface area (Å²) < 4.78 is 66.0. The van der Waals surface area contributed by atoms with Gasteiger partial charge in [-0.25, -0.2) is 8.42 Å². The van der Waals surface area contributed by atoms with Crippen molar-refractivity contribution in [2.45, 2.75) is 23.5 Å². The van der Waals surface area contributed by atoms with E-state index in [-0.39, 0.29) is 30.0 Å². The van der Waals surface area contributed by atoms with Crippen molar-refractivity contribution >= 4 is 25.6 Å². The van der Waals surface area contributed by atoms with Gasteiger partial charge in [0.2, 0.25) is 0 Å². The number of benzene rings is 1. The molecule has 1 aromatic rings. The standard InChI is InChI=1S/C13H13ClF3NO4S/c1-22-7-11-10-6-9(23(14,20)21)3-2-8(10)4-5-18(11)12(19)13(15,16)17/h2-3,6,11H,4-5,7H2,1H3/t11-/m1/s1. The minimum atomic E-state index is -5.01. The Kier molecular flexibility index (Phi) is 4.93. The first-order valence-corrected chi connectivity index (χ1v) is 8.81. The molecular weight excluding hydrogens is 359 g/mol. The highest BCUT2D eigenvalue weighted by atomic mass is 35.7. The van der Waals surface area contributed by atoms with Crippen molar-refractivity contribution in [1.29, 1.82) is 0 Å². The maximum Gasteiger partial charge on any atom is 0.471 e. The van der Waals surface area contributed by atoms with E-state index in [1.54, 1.807) is 0 Å². The van der Waals surface area contributed by atoms with Crippen LogP contribution in [-0.4, -0.2) is 45.7 Å². The Hall–Kier alpha value is -1.32. The van der Waals surface area contributed by atoms with Crippen LogP contribution in [0, 0.1) is 0 Å². The van der Waals surface area contributed by atoms with Gasteiger partial charge in [0.05, 0.1) is 17.5 Å². The van der Waals surface area contributed by atoms with Crippen LogP contribution < -0.4 is 0 Å². The molecule has 1 atom stereocenters. The van der Waals surface area contributed by atoms with Crippen LogP contribution in [-0.2, 0) is 25.0 Å². The number of nitrogens with zero attached hydrogens (tertiary/aromatic N) is 1. The van der Waals surface area contributed by atoms with E-state index in [1.807, 2.05) is 0 Å². The summed E-state index contributed by atoms with van der Waals surface area (Å²) in [5, 5.41) is 0. The molecule has 0 unspecified atom stereocenters. The lowest BCUT2D eigenvalue weighted by atomic mass is 9.93. The van der Waals surface area contributed by atoms with Crippen LogP contribution in [0.1, 0.15) is 17.2 Å². The number of amides is 1. The molecule has 128 valence electrons. The highest BCUT2D eigenvalue weighted by molar-refractivity contribution is 8.13. The second-order valence-electron chi connectivity index (χ2n) is 5.02. The van der Waals surface area contributed by atoms with E-state index >= 15 is 0 Å². The Morgan fingerprint density at radius 2 is 2.09 bits per heavy atom. The molecule has 0 N–H and O–H groups in total. The normalized spacial score (nSPS) is 18.7. The molecule has 0 spiro atoms. The predicted molar refractivity (Wildman–Crippen MR) is 75.6 cm³/mol. The second kappa shape index (κ2) is 6.29. The van der Waals surface area contributed by atoms with Crippen molar-refractivity contribution in [3.8, 4) is 0 Å². The smallest absolute Gasteiger partial charge is 0.382 e. The summed E-state index contributed by atoms with van der Waals surface area (Å²) in [6.45, 7) is -0.326. The summed E-state index contributed by atoms with van der Waals surface area (Å²) in [5.41, 5.74) is 0.944. The van der Waals surface area contributed by atoms with E-state index in [4.69, 9.17) is 15.4 Å². The molecule has 0 radical (unpaired) electrons. The predicted octanol–water partition coefficient (Wildman–Crippen LogP) is 2.25. The van der Waals surface area contributed by atoms with Gasteiger partial charge in [0.1, 0.15) is 0 Å². The molecule has 0 bridgehead atoms. The zero-order valence-corrected chi connectivity index (χ0v) is 13.5. The van der Waals surface area contributed by atoms with Crippen LogP contribution in [0.2, 0.25) is 0 Å². The first kappa shape index (κ1) is 18.0. The number of methoxy groups -OCH3 is 1. The number of rotatable bonds is 3. The Labute approximate surface area is 135 Å². The number of fused-ring (bicyclic) bond motifs is 1. The first-order valence-electron chi connectivity index (χ1n) is 6.50. The van der Waals surface area contributed by atoms with Crippen molar-refractivity contribution in [2.75, 3.05) is 20.3 Å². The topological polar surface area (TPSA) is 63.7 Å². The van der Waals surface area contributed by atoms with Crippen molar-refractivity contribution in [3.63, 3.8) is 0 Å². The SMILES string of the molecule is COC[C@@H]1c2cc(S(=O)(=O)Cl)ccc2CCN1C(=O)C(F)(F)F. The molecular formula is C13H13ClF3NO4S. The van der Waals surface area contributed by atoms with Crippen molar-refractivity contribution in [1.82, 2.24) is 4.90 Å². The quantitative estimate of drug-likeness (QED) is 0.764. The van der Waals surface area contributed by atoms with Gasteiger partial charge < -0.3 is 9.64 Å².